The first-order chi connectivity index (χ1) is 8.65. The number of piperidine rings is 3. The summed E-state index contributed by atoms with van der Waals surface area (Å²) >= 11 is 0. The molecule has 5 nitrogen and oxygen atoms in total. The van der Waals surface area contributed by atoms with Gasteiger partial charge in [-0.3, -0.25) is 4.79 Å². The summed E-state index contributed by atoms with van der Waals surface area (Å²) < 4.78 is 1.62. The van der Waals surface area contributed by atoms with Crippen molar-refractivity contribution in [2.24, 2.45) is 5.92 Å². The summed E-state index contributed by atoms with van der Waals surface area (Å²) in [6, 6.07) is 2.88. The van der Waals surface area contributed by atoms with Crippen LogP contribution in [-0.2, 0) is 0 Å². The Balaban J connectivity index is 1.98. The smallest absolute Gasteiger partial charge is 0.337 e. The molecule has 1 atom stereocenters. The summed E-state index contributed by atoms with van der Waals surface area (Å²) in [5.41, 5.74) is 0.0878. The van der Waals surface area contributed by atoms with Crippen LogP contribution in [0.15, 0.2) is 23.1 Å². The first-order valence-corrected chi connectivity index (χ1v) is 6.33. The molecule has 0 aliphatic carbocycles. The number of carbonyl (C=O) groups is 1. The minimum Gasteiger partial charge on any atom is -0.478 e. The van der Waals surface area contributed by atoms with E-state index in [1.165, 1.54) is 18.3 Å². The third kappa shape index (κ3) is 1.84. The molecule has 0 saturated carbocycles. The summed E-state index contributed by atoms with van der Waals surface area (Å²) in [4.78, 5) is 25.3. The zero-order chi connectivity index (χ0) is 12.7. The number of nitrogens with zero attached hydrogens (tertiary/aromatic N) is 2. The normalized spacial score (nSPS) is 30.3. The molecule has 3 fully saturated rings. The highest BCUT2D eigenvalue weighted by Crippen LogP contribution is 2.34. The number of fused-ring (bicyclic) bond motifs is 3. The van der Waals surface area contributed by atoms with Crippen molar-refractivity contribution in [3.63, 3.8) is 0 Å². The van der Waals surface area contributed by atoms with Crippen LogP contribution < -0.4 is 5.56 Å². The Morgan fingerprint density at radius 2 is 2.00 bits per heavy atom. The molecule has 3 saturated heterocycles. The van der Waals surface area contributed by atoms with Crippen molar-refractivity contribution >= 4 is 5.97 Å². The van der Waals surface area contributed by atoms with Crippen LogP contribution in [-0.4, -0.2) is 40.2 Å². The lowest BCUT2D eigenvalue weighted by molar-refractivity contribution is 0.0547. The molecular formula is C13H16N2O3. The van der Waals surface area contributed by atoms with Crippen LogP contribution in [0.5, 0.6) is 0 Å². The van der Waals surface area contributed by atoms with E-state index in [2.05, 4.69) is 4.90 Å². The number of carboxylic acid groups (broad SMARTS) is 1. The number of rotatable bonds is 2. The predicted octanol–water partition coefficient (Wildman–Crippen LogP) is 0.813. The molecule has 1 N–H and O–H groups in total. The van der Waals surface area contributed by atoms with Crippen LogP contribution in [0.25, 0.3) is 0 Å². The van der Waals surface area contributed by atoms with Gasteiger partial charge in [-0.2, -0.15) is 0 Å². The maximum Gasteiger partial charge on any atom is 0.337 e. The fourth-order valence-electron chi connectivity index (χ4n) is 3.14. The maximum absolute atomic E-state index is 11.9. The summed E-state index contributed by atoms with van der Waals surface area (Å²) in [5.74, 6) is -0.471. The van der Waals surface area contributed by atoms with E-state index in [1.54, 1.807) is 4.57 Å². The standard InChI is InChI=1S/C13H16N2O3/c16-12-2-1-10(13(17)18)7-15(12)11-8-14-5-3-9(11)4-6-14/h1-2,7,9,11H,3-6,8H2,(H,17,18). The molecule has 0 amide bonds. The first kappa shape index (κ1) is 11.5. The first-order valence-electron chi connectivity index (χ1n) is 6.33. The van der Waals surface area contributed by atoms with Gasteiger partial charge in [0.2, 0.25) is 0 Å². The molecule has 1 unspecified atom stereocenters. The Morgan fingerprint density at radius 3 is 2.56 bits per heavy atom. The van der Waals surface area contributed by atoms with Crippen LogP contribution in [0, 0.1) is 5.92 Å². The van der Waals surface area contributed by atoms with E-state index in [0.717, 1.165) is 32.5 Å². The van der Waals surface area contributed by atoms with Crippen LogP contribution >= 0.6 is 0 Å². The molecule has 4 rings (SSSR count). The Labute approximate surface area is 105 Å². The van der Waals surface area contributed by atoms with E-state index in [4.69, 9.17) is 5.11 Å². The zero-order valence-electron chi connectivity index (χ0n) is 10.1. The molecular weight excluding hydrogens is 232 g/mol. The van der Waals surface area contributed by atoms with Crippen molar-refractivity contribution in [1.82, 2.24) is 9.47 Å². The van der Waals surface area contributed by atoms with Crippen molar-refractivity contribution in [2.75, 3.05) is 19.6 Å². The van der Waals surface area contributed by atoms with Gasteiger partial charge in [0.05, 0.1) is 11.6 Å². The number of aromatic carboxylic acids is 1. The van der Waals surface area contributed by atoms with E-state index in [9.17, 15) is 9.59 Å². The van der Waals surface area contributed by atoms with E-state index >= 15 is 0 Å². The lowest BCUT2D eigenvalue weighted by Crippen LogP contribution is -2.49. The molecule has 96 valence electrons. The Kier molecular flexibility index (Phi) is 2.70. The van der Waals surface area contributed by atoms with Gasteiger partial charge in [-0.1, -0.05) is 0 Å². The quantitative estimate of drug-likeness (QED) is 0.841. The average molecular weight is 248 g/mol. The summed E-state index contributed by atoms with van der Waals surface area (Å²) in [7, 11) is 0. The monoisotopic (exact) mass is 248 g/mol. The van der Waals surface area contributed by atoms with Crippen LogP contribution in [0.3, 0.4) is 0 Å². The third-order valence-electron chi connectivity index (χ3n) is 4.16. The number of carboxylic acids is 1. The third-order valence-corrected chi connectivity index (χ3v) is 4.16. The predicted molar refractivity (Wildman–Crippen MR) is 65.9 cm³/mol. The molecule has 3 aliphatic heterocycles. The molecule has 5 heteroatoms. The molecule has 4 heterocycles. The van der Waals surface area contributed by atoms with Gasteiger partial charge in [0, 0.05) is 18.8 Å². The van der Waals surface area contributed by atoms with Gasteiger partial charge in [0.1, 0.15) is 0 Å². The summed E-state index contributed by atoms with van der Waals surface area (Å²) in [6.07, 6.45) is 3.71. The fraction of sp³-hybridized carbons (Fsp3) is 0.538. The summed E-state index contributed by atoms with van der Waals surface area (Å²) in [5, 5.41) is 9.00. The molecule has 0 spiro atoms. The largest absolute Gasteiger partial charge is 0.478 e. The van der Waals surface area contributed by atoms with Gasteiger partial charge in [0.25, 0.3) is 5.56 Å². The Bertz CT molecular complexity index is 529. The second-order valence-corrected chi connectivity index (χ2v) is 5.17. The molecule has 18 heavy (non-hydrogen) atoms. The Hall–Kier alpha value is -1.62. The SMILES string of the molecule is O=C(O)c1ccc(=O)n(C2CN3CCC2CC3)c1. The van der Waals surface area contributed by atoms with Gasteiger partial charge < -0.3 is 14.6 Å². The number of pyridine rings is 1. The molecule has 0 radical (unpaired) electrons. The highest BCUT2D eigenvalue weighted by Gasteiger charge is 2.35. The Morgan fingerprint density at radius 1 is 1.28 bits per heavy atom. The lowest BCUT2D eigenvalue weighted by Gasteiger charge is -2.45. The van der Waals surface area contributed by atoms with Crippen molar-refractivity contribution in [2.45, 2.75) is 18.9 Å². The van der Waals surface area contributed by atoms with Crippen LogP contribution in [0.2, 0.25) is 0 Å². The second kappa shape index (κ2) is 4.24. The van der Waals surface area contributed by atoms with E-state index in [0.29, 0.717) is 5.92 Å². The highest BCUT2D eigenvalue weighted by atomic mass is 16.4. The van der Waals surface area contributed by atoms with Crippen molar-refractivity contribution < 1.29 is 9.90 Å². The van der Waals surface area contributed by atoms with E-state index < -0.39 is 5.97 Å². The van der Waals surface area contributed by atoms with Gasteiger partial charge >= 0.3 is 5.97 Å². The second-order valence-electron chi connectivity index (χ2n) is 5.17. The van der Waals surface area contributed by atoms with E-state index in [1.807, 2.05) is 0 Å². The van der Waals surface area contributed by atoms with Gasteiger partial charge in [-0.15, -0.1) is 0 Å². The minimum absolute atomic E-state index is 0.0984. The number of hydrogen-bond donors (Lipinski definition) is 1. The summed E-state index contributed by atoms with van der Waals surface area (Å²) in [6.45, 7) is 3.08. The lowest BCUT2D eigenvalue weighted by atomic mass is 9.84. The number of hydrogen-bond acceptors (Lipinski definition) is 3. The van der Waals surface area contributed by atoms with Crippen LogP contribution in [0.1, 0.15) is 29.2 Å². The van der Waals surface area contributed by atoms with Crippen LogP contribution in [0.4, 0.5) is 0 Å². The maximum atomic E-state index is 11.9. The molecule has 3 aliphatic rings. The van der Waals surface area contributed by atoms with Crippen molar-refractivity contribution in [3.8, 4) is 0 Å². The highest BCUT2D eigenvalue weighted by molar-refractivity contribution is 5.87. The topological polar surface area (TPSA) is 62.5 Å². The van der Waals surface area contributed by atoms with Gasteiger partial charge in [0.15, 0.2) is 0 Å². The molecule has 1 aromatic heterocycles. The van der Waals surface area contributed by atoms with Gasteiger partial charge in [-0.25, -0.2) is 4.79 Å². The van der Waals surface area contributed by atoms with Crippen molar-refractivity contribution in [1.29, 1.82) is 0 Å². The zero-order valence-corrected chi connectivity index (χ0v) is 10.1. The minimum atomic E-state index is -0.981. The van der Waals surface area contributed by atoms with E-state index in [-0.39, 0.29) is 17.2 Å². The van der Waals surface area contributed by atoms with Gasteiger partial charge in [-0.05, 0) is 37.9 Å². The van der Waals surface area contributed by atoms with Crippen molar-refractivity contribution in [3.05, 3.63) is 34.2 Å². The average Bonchev–Trinajstić information content (AvgIpc) is 2.40. The fourth-order valence-corrected chi connectivity index (χ4v) is 3.14. The number of aromatic nitrogens is 1. The molecule has 1 aromatic rings. The molecule has 2 bridgehead atoms. The molecule has 0 aromatic carbocycles.